The van der Waals surface area contributed by atoms with Gasteiger partial charge in [0.15, 0.2) is 5.84 Å². The largest absolute Gasteiger partial charge is 0.381 e. The molecule has 0 radical (unpaired) electrons. The van der Waals surface area contributed by atoms with Crippen LogP contribution in [0.4, 0.5) is 5.69 Å². The molecule has 1 aromatic heterocycles. The number of anilines is 1. The smallest absolute Gasteiger partial charge is 0.267 e. The van der Waals surface area contributed by atoms with Crippen LogP contribution in [0.1, 0.15) is 12.5 Å². The standard InChI is InChI=1S/C14H14BrN3O2S/c1-9(20-18-13(16)10-5-6-21-8-10)14(19)17-12-4-2-3-11(15)7-12/h2-9H,1H3,(H2,16,18)(H,17,19). The molecule has 0 aliphatic rings. The molecule has 0 fully saturated rings. The van der Waals surface area contributed by atoms with Crippen LogP contribution in [0.3, 0.4) is 0 Å². The minimum absolute atomic E-state index is 0.248. The number of oxime groups is 1. The molecule has 0 saturated heterocycles. The summed E-state index contributed by atoms with van der Waals surface area (Å²) in [5.41, 5.74) is 7.21. The van der Waals surface area contributed by atoms with Crippen LogP contribution in [0.5, 0.6) is 0 Å². The summed E-state index contributed by atoms with van der Waals surface area (Å²) in [6.07, 6.45) is -0.749. The van der Waals surface area contributed by atoms with E-state index in [2.05, 4.69) is 26.4 Å². The van der Waals surface area contributed by atoms with Crippen LogP contribution in [-0.2, 0) is 9.63 Å². The number of carbonyl (C=O) groups is 1. The van der Waals surface area contributed by atoms with Gasteiger partial charge in [-0.25, -0.2) is 0 Å². The lowest BCUT2D eigenvalue weighted by Crippen LogP contribution is -2.27. The molecular weight excluding hydrogens is 354 g/mol. The van der Waals surface area contributed by atoms with Crippen molar-refractivity contribution in [3.05, 3.63) is 51.1 Å². The molecule has 3 N–H and O–H groups in total. The first-order chi connectivity index (χ1) is 10.1. The van der Waals surface area contributed by atoms with E-state index in [1.54, 1.807) is 19.1 Å². The molecule has 5 nitrogen and oxygen atoms in total. The summed E-state index contributed by atoms with van der Waals surface area (Å²) in [5, 5.41) is 10.3. The number of thiophene rings is 1. The zero-order valence-corrected chi connectivity index (χ0v) is 13.6. The number of hydrogen-bond donors (Lipinski definition) is 2. The van der Waals surface area contributed by atoms with Crippen LogP contribution in [-0.4, -0.2) is 17.8 Å². The van der Waals surface area contributed by atoms with Gasteiger partial charge in [-0.15, -0.1) is 0 Å². The maximum Gasteiger partial charge on any atom is 0.267 e. The van der Waals surface area contributed by atoms with Crippen LogP contribution >= 0.6 is 27.3 Å². The van der Waals surface area contributed by atoms with Crippen LogP contribution in [0, 0.1) is 0 Å². The molecular formula is C14H14BrN3O2S. The molecule has 1 atom stereocenters. The topological polar surface area (TPSA) is 76.7 Å². The lowest BCUT2D eigenvalue weighted by Gasteiger charge is -2.11. The molecule has 2 aromatic rings. The molecule has 7 heteroatoms. The number of nitrogens with one attached hydrogen (secondary N) is 1. The molecule has 1 amide bonds. The van der Waals surface area contributed by atoms with E-state index in [4.69, 9.17) is 10.6 Å². The van der Waals surface area contributed by atoms with Gasteiger partial charge in [0.2, 0.25) is 6.10 Å². The van der Waals surface area contributed by atoms with Gasteiger partial charge in [0.1, 0.15) is 0 Å². The minimum atomic E-state index is -0.749. The van der Waals surface area contributed by atoms with E-state index in [1.165, 1.54) is 11.3 Å². The Hall–Kier alpha value is -1.86. The van der Waals surface area contributed by atoms with Crippen molar-refractivity contribution < 1.29 is 9.63 Å². The van der Waals surface area contributed by atoms with Crippen molar-refractivity contribution >= 4 is 44.7 Å². The number of nitrogens with two attached hydrogens (primary N) is 1. The number of carbonyl (C=O) groups excluding carboxylic acids is 1. The summed E-state index contributed by atoms with van der Waals surface area (Å²) in [6.45, 7) is 1.61. The predicted molar refractivity (Wildman–Crippen MR) is 88.4 cm³/mol. The van der Waals surface area contributed by atoms with Gasteiger partial charge in [0.05, 0.1) is 0 Å². The monoisotopic (exact) mass is 367 g/mol. The molecule has 0 bridgehead atoms. The average Bonchev–Trinajstić information content (AvgIpc) is 2.98. The van der Waals surface area contributed by atoms with Crippen LogP contribution < -0.4 is 11.1 Å². The molecule has 0 spiro atoms. The Labute approximate surface area is 134 Å². The van der Waals surface area contributed by atoms with Crippen LogP contribution in [0.15, 0.2) is 50.7 Å². The van der Waals surface area contributed by atoms with Crippen molar-refractivity contribution in [2.75, 3.05) is 5.32 Å². The van der Waals surface area contributed by atoms with Gasteiger partial charge >= 0.3 is 0 Å². The van der Waals surface area contributed by atoms with Gasteiger partial charge in [-0.2, -0.15) is 11.3 Å². The Morgan fingerprint density at radius 3 is 2.95 bits per heavy atom. The van der Waals surface area contributed by atoms with E-state index in [-0.39, 0.29) is 11.7 Å². The van der Waals surface area contributed by atoms with E-state index in [9.17, 15) is 4.79 Å². The molecule has 21 heavy (non-hydrogen) atoms. The zero-order chi connectivity index (χ0) is 15.2. The van der Waals surface area contributed by atoms with Crippen molar-refractivity contribution in [3.8, 4) is 0 Å². The Morgan fingerprint density at radius 1 is 1.48 bits per heavy atom. The molecule has 1 unspecified atom stereocenters. The number of hydrogen-bond acceptors (Lipinski definition) is 4. The number of rotatable bonds is 5. The van der Waals surface area contributed by atoms with Gasteiger partial charge in [-0.3, -0.25) is 4.79 Å². The van der Waals surface area contributed by atoms with Gasteiger partial charge in [-0.1, -0.05) is 27.2 Å². The first-order valence-electron chi connectivity index (χ1n) is 6.14. The summed E-state index contributed by atoms with van der Waals surface area (Å²) in [4.78, 5) is 17.1. The quantitative estimate of drug-likeness (QED) is 0.484. The first-order valence-corrected chi connectivity index (χ1v) is 7.88. The van der Waals surface area contributed by atoms with E-state index < -0.39 is 6.10 Å². The lowest BCUT2D eigenvalue weighted by atomic mass is 10.3. The third kappa shape index (κ3) is 4.57. The third-order valence-corrected chi connectivity index (χ3v) is 3.76. The van der Waals surface area contributed by atoms with Gasteiger partial charge in [-0.05, 0) is 36.6 Å². The minimum Gasteiger partial charge on any atom is -0.381 e. The molecule has 0 aliphatic heterocycles. The third-order valence-electron chi connectivity index (χ3n) is 2.59. The van der Waals surface area contributed by atoms with Crippen LogP contribution in [0.25, 0.3) is 0 Å². The number of amides is 1. The number of benzene rings is 1. The van der Waals surface area contributed by atoms with Gasteiger partial charge in [0, 0.05) is 21.1 Å². The van der Waals surface area contributed by atoms with Crippen molar-refractivity contribution in [1.82, 2.24) is 0 Å². The highest BCUT2D eigenvalue weighted by molar-refractivity contribution is 9.10. The van der Waals surface area contributed by atoms with Gasteiger partial charge in [0.25, 0.3) is 5.91 Å². The van der Waals surface area contributed by atoms with Crippen molar-refractivity contribution in [2.45, 2.75) is 13.0 Å². The maximum atomic E-state index is 12.0. The fourth-order valence-corrected chi connectivity index (χ4v) is 2.51. The summed E-state index contributed by atoms with van der Waals surface area (Å²) in [6, 6.07) is 9.13. The molecule has 0 aliphatic carbocycles. The molecule has 1 heterocycles. The molecule has 2 rings (SSSR count). The van der Waals surface area contributed by atoms with E-state index in [0.717, 1.165) is 10.0 Å². The van der Waals surface area contributed by atoms with E-state index >= 15 is 0 Å². The van der Waals surface area contributed by atoms with Crippen molar-refractivity contribution in [2.24, 2.45) is 10.9 Å². The number of halogens is 1. The highest BCUT2D eigenvalue weighted by Crippen LogP contribution is 2.16. The van der Waals surface area contributed by atoms with E-state index in [1.807, 2.05) is 29.0 Å². The average molecular weight is 368 g/mol. The Kier molecular flexibility index (Phi) is 5.35. The Balaban J connectivity index is 1.92. The van der Waals surface area contributed by atoms with E-state index in [0.29, 0.717) is 5.69 Å². The predicted octanol–water partition coefficient (Wildman–Crippen LogP) is 3.17. The first kappa shape index (κ1) is 15.5. The second-order valence-corrected chi connectivity index (χ2v) is 5.93. The normalized spacial score (nSPS) is 12.8. The van der Waals surface area contributed by atoms with Crippen molar-refractivity contribution in [1.29, 1.82) is 0 Å². The summed E-state index contributed by atoms with van der Waals surface area (Å²) < 4.78 is 0.883. The van der Waals surface area contributed by atoms with Gasteiger partial charge < -0.3 is 15.9 Å². The SMILES string of the molecule is CC(O/N=C(\N)c1ccsc1)C(=O)Nc1cccc(Br)c1. The highest BCUT2D eigenvalue weighted by atomic mass is 79.9. The Morgan fingerprint density at radius 2 is 2.29 bits per heavy atom. The highest BCUT2D eigenvalue weighted by Gasteiger charge is 2.15. The molecule has 1 aromatic carbocycles. The lowest BCUT2D eigenvalue weighted by molar-refractivity contribution is -0.126. The molecule has 0 saturated carbocycles. The second-order valence-electron chi connectivity index (χ2n) is 4.24. The summed E-state index contributed by atoms with van der Waals surface area (Å²) in [7, 11) is 0. The molecule has 110 valence electrons. The zero-order valence-electron chi connectivity index (χ0n) is 11.2. The number of nitrogens with zero attached hydrogens (tertiary/aromatic N) is 1. The van der Waals surface area contributed by atoms with Crippen LogP contribution in [0.2, 0.25) is 0 Å². The fraction of sp³-hybridized carbons (Fsp3) is 0.143. The second kappa shape index (κ2) is 7.24. The summed E-state index contributed by atoms with van der Waals surface area (Å²) >= 11 is 4.85. The number of amidine groups is 1. The fourth-order valence-electron chi connectivity index (χ4n) is 1.46. The summed E-state index contributed by atoms with van der Waals surface area (Å²) in [5.74, 6) is -0.0478. The maximum absolute atomic E-state index is 12.0. The Bertz CT molecular complexity index is 643. The van der Waals surface area contributed by atoms with Crippen molar-refractivity contribution in [3.63, 3.8) is 0 Å².